The third-order valence-corrected chi connectivity index (χ3v) is 5.09. The van der Waals surface area contributed by atoms with Gasteiger partial charge in [-0.25, -0.2) is 9.89 Å². The largest absolute Gasteiger partial charge is 0.343 e. The number of hydrogen-bond donors (Lipinski definition) is 2. The zero-order valence-corrected chi connectivity index (χ0v) is 14.8. The van der Waals surface area contributed by atoms with Gasteiger partial charge in [-0.2, -0.15) is 0 Å². The monoisotopic (exact) mass is 360 g/mol. The van der Waals surface area contributed by atoms with Crippen LogP contribution in [0.3, 0.4) is 0 Å². The molecule has 0 saturated carbocycles. The van der Waals surface area contributed by atoms with Gasteiger partial charge < -0.3 is 5.32 Å². The van der Waals surface area contributed by atoms with Crippen LogP contribution in [0.15, 0.2) is 28.2 Å². The summed E-state index contributed by atoms with van der Waals surface area (Å²) in [7, 11) is 0. The van der Waals surface area contributed by atoms with Gasteiger partial charge in [0, 0.05) is 24.2 Å². The zero-order valence-electron chi connectivity index (χ0n) is 14.0. The third-order valence-electron chi connectivity index (χ3n) is 4.11. The summed E-state index contributed by atoms with van der Waals surface area (Å²) in [5.74, 6) is 0.189. The quantitative estimate of drug-likeness (QED) is 0.583. The number of ketones is 1. The summed E-state index contributed by atoms with van der Waals surface area (Å²) in [6.07, 6.45) is 2.95. The van der Waals surface area contributed by atoms with Gasteiger partial charge in [0.25, 0.3) is 0 Å². The van der Waals surface area contributed by atoms with Crippen LogP contribution >= 0.6 is 11.8 Å². The normalized spacial score (nSPS) is 13.4. The number of aryl methyl sites for hydroxylation is 1. The molecule has 25 heavy (non-hydrogen) atoms. The predicted molar refractivity (Wildman–Crippen MR) is 96.2 cm³/mol. The molecule has 0 bridgehead atoms. The molecule has 0 radical (unpaired) electrons. The fourth-order valence-electron chi connectivity index (χ4n) is 2.70. The van der Waals surface area contributed by atoms with Crippen molar-refractivity contribution in [3.05, 3.63) is 39.8 Å². The van der Waals surface area contributed by atoms with Crippen molar-refractivity contribution in [1.82, 2.24) is 14.8 Å². The molecule has 0 fully saturated rings. The van der Waals surface area contributed by atoms with Gasteiger partial charge >= 0.3 is 5.69 Å². The van der Waals surface area contributed by atoms with Crippen LogP contribution in [0.5, 0.6) is 0 Å². The van der Waals surface area contributed by atoms with E-state index in [9.17, 15) is 14.4 Å². The van der Waals surface area contributed by atoms with Crippen molar-refractivity contribution in [2.75, 3.05) is 11.1 Å². The van der Waals surface area contributed by atoms with Crippen molar-refractivity contribution in [1.29, 1.82) is 0 Å². The maximum atomic E-state index is 12.5. The number of H-pyrrole nitrogens is 1. The van der Waals surface area contributed by atoms with Gasteiger partial charge in [0.2, 0.25) is 5.91 Å². The average Bonchev–Trinajstić information content (AvgIpc) is 2.97. The number of aromatic nitrogens is 3. The summed E-state index contributed by atoms with van der Waals surface area (Å²) in [6.45, 7) is 2.65. The van der Waals surface area contributed by atoms with E-state index in [0.717, 1.165) is 24.1 Å². The zero-order chi connectivity index (χ0) is 17.8. The lowest BCUT2D eigenvalue weighted by Crippen LogP contribution is -2.19. The van der Waals surface area contributed by atoms with Crippen molar-refractivity contribution >= 4 is 29.1 Å². The Kier molecular flexibility index (Phi) is 5.37. The second-order valence-electron chi connectivity index (χ2n) is 5.95. The first-order valence-electron chi connectivity index (χ1n) is 8.32. The smallest absolute Gasteiger partial charge is 0.326 e. The van der Waals surface area contributed by atoms with E-state index in [1.54, 1.807) is 16.7 Å². The molecule has 0 saturated heterocycles. The molecule has 2 heterocycles. The number of nitrogens with zero attached hydrogens (tertiary/aromatic N) is 2. The lowest BCUT2D eigenvalue weighted by Gasteiger charge is -2.17. The summed E-state index contributed by atoms with van der Waals surface area (Å²) in [4.78, 5) is 35.6. The van der Waals surface area contributed by atoms with Crippen molar-refractivity contribution in [3.63, 3.8) is 0 Å². The number of benzene rings is 1. The number of carbonyl (C=O) groups excluding carboxylic acids is 2. The second-order valence-corrected chi connectivity index (χ2v) is 6.89. The van der Waals surface area contributed by atoms with Gasteiger partial charge in [-0.1, -0.05) is 25.1 Å². The van der Waals surface area contributed by atoms with E-state index in [0.29, 0.717) is 30.1 Å². The van der Waals surface area contributed by atoms with Crippen molar-refractivity contribution in [2.45, 2.75) is 44.3 Å². The molecule has 132 valence electrons. The van der Waals surface area contributed by atoms with E-state index in [1.807, 2.05) is 6.07 Å². The fraction of sp³-hybridized carbons (Fsp3) is 0.412. The minimum absolute atomic E-state index is 0.00529. The number of rotatable bonds is 7. The molecule has 0 atom stereocenters. The van der Waals surface area contributed by atoms with E-state index in [-0.39, 0.29) is 23.1 Å². The summed E-state index contributed by atoms with van der Waals surface area (Å²) in [5, 5.41) is 9.79. The van der Waals surface area contributed by atoms with Crippen molar-refractivity contribution < 1.29 is 9.59 Å². The molecule has 8 heteroatoms. The number of amides is 1. The number of aromatic amines is 1. The van der Waals surface area contributed by atoms with Crippen LogP contribution in [-0.4, -0.2) is 32.2 Å². The van der Waals surface area contributed by atoms with Crippen LogP contribution in [-0.2, 0) is 17.8 Å². The fourth-order valence-corrected chi connectivity index (χ4v) is 3.56. The summed E-state index contributed by atoms with van der Waals surface area (Å²) in [6, 6.07) is 5.34. The lowest BCUT2D eigenvalue weighted by molar-refractivity contribution is -0.116. The Morgan fingerprint density at radius 3 is 2.96 bits per heavy atom. The van der Waals surface area contributed by atoms with Gasteiger partial charge in [-0.15, -0.1) is 5.10 Å². The number of unbranched alkanes of at least 4 members (excludes halogenated alkanes) is 1. The third kappa shape index (κ3) is 4.01. The minimum Gasteiger partial charge on any atom is -0.326 e. The van der Waals surface area contributed by atoms with Gasteiger partial charge in [0.05, 0.1) is 5.75 Å². The number of anilines is 1. The number of nitrogens with one attached hydrogen (secondary N) is 2. The number of fused-ring (bicyclic) bond motifs is 1. The minimum atomic E-state index is -0.243. The summed E-state index contributed by atoms with van der Waals surface area (Å²) < 4.78 is 1.57. The molecule has 2 aromatic rings. The van der Waals surface area contributed by atoms with E-state index < -0.39 is 0 Å². The molecule has 0 unspecified atom stereocenters. The first-order chi connectivity index (χ1) is 12.1. The summed E-state index contributed by atoms with van der Waals surface area (Å²) in [5.41, 5.74) is 2.13. The molecular formula is C17H20N4O3S. The highest BCUT2D eigenvalue weighted by molar-refractivity contribution is 7.99. The molecule has 0 spiro atoms. The Balaban J connectivity index is 1.67. The van der Waals surface area contributed by atoms with Gasteiger partial charge in [-0.3, -0.25) is 14.2 Å². The lowest BCUT2D eigenvalue weighted by atomic mass is 9.99. The highest BCUT2D eigenvalue weighted by Crippen LogP contribution is 2.24. The summed E-state index contributed by atoms with van der Waals surface area (Å²) >= 11 is 1.26. The van der Waals surface area contributed by atoms with Crippen LogP contribution in [0.25, 0.3) is 0 Å². The number of hydrogen-bond acceptors (Lipinski definition) is 5. The average molecular weight is 360 g/mol. The van der Waals surface area contributed by atoms with Crippen LogP contribution in [0.4, 0.5) is 5.69 Å². The van der Waals surface area contributed by atoms with Crippen LogP contribution in [0.1, 0.15) is 42.1 Å². The molecule has 3 rings (SSSR count). The number of Topliss-reactive ketones (excluding diaryl/α,β-unsaturated/α-hetero) is 1. The maximum Gasteiger partial charge on any atom is 0.343 e. The SMILES string of the molecule is CCCCn1c(SCC(=O)c2ccc3c(c2)CCC(=O)N3)n[nH]c1=O. The van der Waals surface area contributed by atoms with E-state index in [2.05, 4.69) is 22.4 Å². The molecule has 1 amide bonds. The van der Waals surface area contributed by atoms with Crippen LogP contribution in [0.2, 0.25) is 0 Å². The first kappa shape index (κ1) is 17.5. The molecule has 2 N–H and O–H groups in total. The molecular weight excluding hydrogens is 340 g/mol. The molecule has 1 aliphatic rings. The van der Waals surface area contributed by atoms with E-state index in [1.165, 1.54) is 11.8 Å². The Hall–Kier alpha value is -2.35. The second kappa shape index (κ2) is 7.69. The van der Waals surface area contributed by atoms with Gasteiger partial charge in [0.1, 0.15) is 0 Å². The molecule has 0 aliphatic carbocycles. The van der Waals surface area contributed by atoms with Crippen LogP contribution < -0.4 is 11.0 Å². The Labute approximate surface area is 149 Å². The Bertz CT molecular complexity index is 856. The van der Waals surface area contributed by atoms with Crippen molar-refractivity contribution in [3.8, 4) is 0 Å². The maximum absolute atomic E-state index is 12.5. The Morgan fingerprint density at radius 1 is 1.32 bits per heavy atom. The number of carbonyl (C=O) groups is 2. The predicted octanol–water partition coefficient (Wildman–Crippen LogP) is 2.23. The first-order valence-corrected chi connectivity index (χ1v) is 9.31. The highest BCUT2D eigenvalue weighted by Gasteiger charge is 2.17. The van der Waals surface area contributed by atoms with E-state index in [4.69, 9.17) is 0 Å². The standard InChI is InChI=1S/C17H20N4O3S/c1-2-3-8-21-16(24)19-20-17(21)25-10-14(22)12-4-6-13-11(9-12)5-7-15(23)18-13/h4,6,9H,2-3,5,7-8,10H2,1H3,(H,18,23)(H,19,24). The molecule has 1 aromatic heterocycles. The number of thioether (sulfide) groups is 1. The van der Waals surface area contributed by atoms with Gasteiger partial charge in [-0.05, 0) is 36.6 Å². The molecule has 1 aromatic carbocycles. The molecule has 1 aliphatic heterocycles. The topological polar surface area (TPSA) is 96.8 Å². The van der Waals surface area contributed by atoms with Crippen LogP contribution in [0, 0.1) is 0 Å². The molecule has 7 nitrogen and oxygen atoms in total. The van der Waals surface area contributed by atoms with Crippen molar-refractivity contribution in [2.24, 2.45) is 0 Å². The highest BCUT2D eigenvalue weighted by atomic mass is 32.2. The Morgan fingerprint density at radius 2 is 2.16 bits per heavy atom. The van der Waals surface area contributed by atoms with E-state index >= 15 is 0 Å². The van der Waals surface area contributed by atoms with Gasteiger partial charge in [0.15, 0.2) is 10.9 Å².